The highest BCUT2D eigenvalue weighted by atomic mass is 16.5. The van der Waals surface area contributed by atoms with E-state index >= 15 is 0 Å². The van der Waals surface area contributed by atoms with Crippen LogP contribution in [0.4, 0.5) is 0 Å². The molecule has 0 saturated heterocycles. The molecular weight excluding hydrogens is 202 g/mol. The summed E-state index contributed by atoms with van der Waals surface area (Å²) in [5.41, 5.74) is 0. The maximum atomic E-state index is 10.1. The fraction of sp³-hybridized carbons (Fsp3) is 1.00. The van der Waals surface area contributed by atoms with Crippen LogP contribution in [-0.4, -0.2) is 48.5 Å². The lowest BCUT2D eigenvalue weighted by Crippen LogP contribution is -2.48. The van der Waals surface area contributed by atoms with Crippen LogP contribution < -0.4 is 0 Å². The Labute approximate surface area is 101 Å². The fourth-order valence-electron chi connectivity index (χ4n) is 2.22. The summed E-state index contributed by atoms with van der Waals surface area (Å²) in [6.45, 7) is 10.2. The standard InChI is InChI=1S/C13H29NO2/c1-6-8-13(15)12(7-2)14(11(3)4)9-10-16-5/h11-13,15H,6-10H2,1-5H3. The number of aliphatic hydroxyl groups excluding tert-OH is 1. The summed E-state index contributed by atoms with van der Waals surface area (Å²) in [7, 11) is 1.72. The van der Waals surface area contributed by atoms with Crippen molar-refractivity contribution in [3.63, 3.8) is 0 Å². The fourth-order valence-corrected chi connectivity index (χ4v) is 2.22. The van der Waals surface area contributed by atoms with Gasteiger partial charge in [-0.2, -0.15) is 0 Å². The van der Waals surface area contributed by atoms with Crippen LogP contribution in [0.5, 0.6) is 0 Å². The molecule has 3 heteroatoms. The lowest BCUT2D eigenvalue weighted by Gasteiger charge is -2.37. The second-order valence-corrected chi connectivity index (χ2v) is 4.66. The Kier molecular flexibility index (Phi) is 8.90. The molecule has 98 valence electrons. The van der Waals surface area contributed by atoms with Gasteiger partial charge in [0.1, 0.15) is 0 Å². The van der Waals surface area contributed by atoms with Crippen molar-refractivity contribution in [3.8, 4) is 0 Å². The number of hydrogen-bond acceptors (Lipinski definition) is 3. The first-order valence-corrected chi connectivity index (χ1v) is 6.51. The average Bonchev–Trinajstić information content (AvgIpc) is 2.23. The third kappa shape index (κ3) is 5.28. The van der Waals surface area contributed by atoms with E-state index in [2.05, 4.69) is 32.6 Å². The van der Waals surface area contributed by atoms with Crippen molar-refractivity contribution in [2.24, 2.45) is 0 Å². The zero-order valence-corrected chi connectivity index (χ0v) is 11.6. The van der Waals surface area contributed by atoms with Gasteiger partial charge in [-0.15, -0.1) is 0 Å². The zero-order valence-electron chi connectivity index (χ0n) is 11.6. The Morgan fingerprint density at radius 2 is 1.88 bits per heavy atom. The quantitative estimate of drug-likeness (QED) is 0.661. The first kappa shape index (κ1) is 15.9. The Hall–Kier alpha value is -0.120. The van der Waals surface area contributed by atoms with E-state index in [1.165, 1.54) is 0 Å². The Balaban J connectivity index is 4.43. The van der Waals surface area contributed by atoms with Gasteiger partial charge in [-0.05, 0) is 26.7 Å². The first-order valence-electron chi connectivity index (χ1n) is 6.51. The van der Waals surface area contributed by atoms with Gasteiger partial charge in [0.05, 0.1) is 12.7 Å². The molecule has 0 aliphatic carbocycles. The molecule has 0 saturated carbocycles. The third-order valence-electron chi connectivity index (χ3n) is 3.09. The maximum Gasteiger partial charge on any atom is 0.0695 e. The molecule has 2 atom stereocenters. The summed E-state index contributed by atoms with van der Waals surface area (Å²) in [6, 6.07) is 0.710. The zero-order chi connectivity index (χ0) is 12.6. The number of methoxy groups -OCH3 is 1. The van der Waals surface area contributed by atoms with Crippen molar-refractivity contribution in [1.82, 2.24) is 4.90 Å². The van der Waals surface area contributed by atoms with Crippen molar-refractivity contribution in [1.29, 1.82) is 0 Å². The van der Waals surface area contributed by atoms with Crippen LogP contribution in [0.15, 0.2) is 0 Å². The van der Waals surface area contributed by atoms with Crippen LogP contribution in [0.25, 0.3) is 0 Å². The van der Waals surface area contributed by atoms with Crippen LogP contribution in [0.2, 0.25) is 0 Å². The summed E-state index contributed by atoms with van der Waals surface area (Å²) in [5.74, 6) is 0. The largest absolute Gasteiger partial charge is 0.391 e. The molecule has 0 fully saturated rings. The average molecular weight is 231 g/mol. The summed E-state index contributed by atoms with van der Waals surface area (Å²) >= 11 is 0. The summed E-state index contributed by atoms with van der Waals surface area (Å²) in [6.07, 6.45) is 2.69. The van der Waals surface area contributed by atoms with Crippen LogP contribution in [0, 0.1) is 0 Å². The van der Waals surface area contributed by atoms with E-state index in [9.17, 15) is 5.11 Å². The van der Waals surface area contributed by atoms with Crippen molar-refractivity contribution >= 4 is 0 Å². The minimum atomic E-state index is -0.214. The Bertz CT molecular complexity index is 162. The molecule has 0 bridgehead atoms. The molecule has 0 aliphatic rings. The van der Waals surface area contributed by atoms with Crippen molar-refractivity contribution in [2.75, 3.05) is 20.3 Å². The molecule has 0 spiro atoms. The molecule has 0 aromatic carbocycles. The van der Waals surface area contributed by atoms with Gasteiger partial charge in [0.2, 0.25) is 0 Å². The molecule has 0 radical (unpaired) electrons. The molecule has 16 heavy (non-hydrogen) atoms. The third-order valence-corrected chi connectivity index (χ3v) is 3.09. The number of hydrogen-bond donors (Lipinski definition) is 1. The smallest absolute Gasteiger partial charge is 0.0695 e. The van der Waals surface area contributed by atoms with E-state index in [4.69, 9.17) is 4.74 Å². The molecule has 3 nitrogen and oxygen atoms in total. The molecule has 0 aromatic rings. The van der Waals surface area contributed by atoms with Gasteiger partial charge in [-0.25, -0.2) is 0 Å². The first-order chi connectivity index (χ1) is 7.58. The Morgan fingerprint density at radius 3 is 2.25 bits per heavy atom. The van der Waals surface area contributed by atoms with Gasteiger partial charge in [0, 0.05) is 25.7 Å². The van der Waals surface area contributed by atoms with E-state index in [-0.39, 0.29) is 12.1 Å². The van der Waals surface area contributed by atoms with Crippen LogP contribution in [-0.2, 0) is 4.74 Å². The van der Waals surface area contributed by atoms with Crippen LogP contribution in [0.3, 0.4) is 0 Å². The molecule has 0 aromatic heterocycles. The van der Waals surface area contributed by atoms with E-state index < -0.39 is 0 Å². The van der Waals surface area contributed by atoms with Crippen LogP contribution >= 0.6 is 0 Å². The molecular formula is C13H29NO2. The van der Waals surface area contributed by atoms with Gasteiger partial charge < -0.3 is 9.84 Å². The number of ether oxygens (including phenoxy) is 1. The van der Waals surface area contributed by atoms with Gasteiger partial charge in [-0.3, -0.25) is 4.90 Å². The van der Waals surface area contributed by atoms with E-state index in [1.807, 2.05) is 0 Å². The maximum absolute atomic E-state index is 10.1. The highest BCUT2D eigenvalue weighted by Gasteiger charge is 2.25. The minimum Gasteiger partial charge on any atom is -0.391 e. The molecule has 0 heterocycles. The SMILES string of the molecule is CCCC(O)C(CC)N(CCOC)C(C)C. The number of nitrogens with zero attached hydrogens (tertiary/aromatic N) is 1. The second kappa shape index (κ2) is 8.97. The van der Waals surface area contributed by atoms with Gasteiger partial charge in [-0.1, -0.05) is 20.3 Å². The minimum absolute atomic E-state index is 0.214. The number of rotatable bonds is 9. The molecule has 0 amide bonds. The predicted octanol–water partition coefficient (Wildman–Crippen LogP) is 2.28. The van der Waals surface area contributed by atoms with Crippen LogP contribution in [0.1, 0.15) is 47.0 Å². The monoisotopic (exact) mass is 231 g/mol. The van der Waals surface area contributed by atoms with Gasteiger partial charge >= 0.3 is 0 Å². The summed E-state index contributed by atoms with van der Waals surface area (Å²) in [4.78, 5) is 2.35. The van der Waals surface area contributed by atoms with E-state index in [0.29, 0.717) is 6.04 Å². The normalized spacial score (nSPS) is 15.8. The molecule has 1 N–H and O–H groups in total. The van der Waals surface area contributed by atoms with E-state index in [0.717, 1.165) is 32.4 Å². The number of aliphatic hydroxyl groups is 1. The molecule has 0 rings (SSSR count). The second-order valence-electron chi connectivity index (χ2n) is 4.66. The van der Waals surface area contributed by atoms with Crippen molar-refractivity contribution < 1.29 is 9.84 Å². The molecule has 0 aliphatic heterocycles. The van der Waals surface area contributed by atoms with Gasteiger partial charge in [0.15, 0.2) is 0 Å². The van der Waals surface area contributed by atoms with Gasteiger partial charge in [0.25, 0.3) is 0 Å². The lowest BCUT2D eigenvalue weighted by molar-refractivity contribution is 0.0109. The lowest BCUT2D eigenvalue weighted by atomic mass is 10.0. The molecule has 2 unspecified atom stereocenters. The summed E-state index contributed by atoms with van der Waals surface area (Å²) < 4.78 is 5.13. The Morgan fingerprint density at radius 1 is 1.25 bits per heavy atom. The van der Waals surface area contributed by atoms with E-state index in [1.54, 1.807) is 7.11 Å². The predicted molar refractivity (Wildman–Crippen MR) is 68.7 cm³/mol. The van der Waals surface area contributed by atoms with Crippen molar-refractivity contribution in [3.05, 3.63) is 0 Å². The summed E-state index contributed by atoms with van der Waals surface area (Å²) in [5, 5.41) is 10.1. The highest BCUT2D eigenvalue weighted by molar-refractivity contribution is 4.80. The van der Waals surface area contributed by atoms with Crippen molar-refractivity contribution in [2.45, 2.75) is 65.1 Å². The highest BCUT2D eigenvalue weighted by Crippen LogP contribution is 2.16. The topological polar surface area (TPSA) is 32.7 Å².